The van der Waals surface area contributed by atoms with Crippen LogP contribution in [0.2, 0.25) is 0 Å². The summed E-state index contributed by atoms with van der Waals surface area (Å²) in [6, 6.07) is 11.9. The second-order valence-corrected chi connectivity index (χ2v) is 5.64. The van der Waals surface area contributed by atoms with Gasteiger partial charge in [0.25, 0.3) is 0 Å². The highest BCUT2D eigenvalue weighted by Gasteiger charge is 2.13. The Labute approximate surface area is 155 Å². The van der Waals surface area contributed by atoms with Crippen LogP contribution >= 0.6 is 0 Å². The number of nitrogens with one attached hydrogen (secondary N) is 1. The van der Waals surface area contributed by atoms with Gasteiger partial charge in [0.05, 0.1) is 27.4 Å². The maximum atomic E-state index is 6.02. The molecule has 0 aliphatic carbocycles. The first-order chi connectivity index (χ1) is 12.6. The molecule has 0 atom stereocenters. The molecule has 6 heteroatoms. The van der Waals surface area contributed by atoms with E-state index in [-0.39, 0.29) is 0 Å². The number of nitrogens with zero attached hydrogens (tertiary/aromatic N) is 1. The van der Waals surface area contributed by atoms with Gasteiger partial charge in [0.2, 0.25) is 5.75 Å². The van der Waals surface area contributed by atoms with Crippen LogP contribution < -0.4 is 25.3 Å². The topological polar surface area (TPSA) is 78.1 Å². The van der Waals surface area contributed by atoms with E-state index in [0.29, 0.717) is 36.4 Å². The van der Waals surface area contributed by atoms with Gasteiger partial charge in [0.15, 0.2) is 17.5 Å². The van der Waals surface area contributed by atoms with Crippen LogP contribution in [-0.2, 0) is 13.0 Å². The predicted octanol–water partition coefficient (Wildman–Crippen LogP) is 3.59. The minimum absolute atomic E-state index is 0.352. The lowest BCUT2D eigenvalue weighted by molar-refractivity contribution is 0.288. The fourth-order valence-corrected chi connectivity index (χ4v) is 2.54. The first kappa shape index (κ1) is 19.4. The maximum Gasteiger partial charge on any atom is 0.203 e. The third-order valence-corrected chi connectivity index (χ3v) is 3.85. The van der Waals surface area contributed by atoms with Crippen molar-refractivity contribution in [2.45, 2.75) is 26.8 Å². The smallest absolute Gasteiger partial charge is 0.203 e. The van der Waals surface area contributed by atoms with Gasteiger partial charge >= 0.3 is 0 Å². The number of hydrogen-bond donors (Lipinski definition) is 2. The van der Waals surface area contributed by atoms with E-state index >= 15 is 0 Å². The van der Waals surface area contributed by atoms with Crippen LogP contribution in [0.15, 0.2) is 41.4 Å². The first-order valence-corrected chi connectivity index (χ1v) is 8.64. The minimum atomic E-state index is 0.352. The maximum absolute atomic E-state index is 6.02. The highest BCUT2D eigenvalue weighted by molar-refractivity contribution is 5.92. The van der Waals surface area contributed by atoms with Gasteiger partial charge in [-0.2, -0.15) is 0 Å². The van der Waals surface area contributed by atoms with Crippen LogP contribution in [0.5, 0.6) is 17.2 Å². The van der Waals surface area contributed by atoms with Crippen molar-refractivity contribution in [1.29, 1.82) is 0 Å². The molecule has 2 aromatic rings. The number of rotatable bonds is 8. The van der Waals surface area contributed by atoms with Crippen molar-refractivity contribution in [3.8, 4) is 17.2 Å². The molecule has 140 valence electrons. The summed E-state index contributed by atoms with van der Waals surface area (Å²) >= 11 is 0. The van der Waals surface area contributed by atoms with Gasteiger partial charge < -0.3 is 25.3 Å². The van der Waals surface area contributed by atoms with Crippen LogP contribution in [0.25, 0.3) is 0 Å². The first-order valence-electron chi connectivity index (χ1n) is 8.64. The van der Waals surface area contributed by atoms with Gasteiger partial charge in [0.1, 0.15) is 0 Å². The summed E-state index contributed by atoms with van der Waals surface area (Å²) in [6.45, 7) is 4.95. The summed E-state index contributed by atoms with van der Waals surface area (Å²) in [6.07, 6.45) is 0.971. The fourth-order valence-electron chi connectivity index (χ4n) is 2.54. The summed E-state index contributed by atoms with van der Waals surface area (Å²) in [5.41, 5.74) is 9.09. The number of methoxy groups -OCH3 is 2. The molecule has 26 heavy (non-hydrogen) atoms. The van der Waals surface area contributed by atoms with Crippen molar-refractivity contribution in [3.05, 3.63) is 47.5 Å². The molecule has 0 saturated carbocycles. The Balaban J connectivity index is 2.15. The summed E-state index contributed by atoms with van der Waals surface area (Å²) in [4.78, 5) is 4.40. The quantitative estimate of drug-likeness (QED) is 0.558. The number of aliphatic imine (C=N–C) groups is 1. The number of ether oxygens (including phenoxy) is 3. The van der Waals surface area contributed by atoms with E-state index in [1.807, 2.05) is 31.2 Å². The van der Waals surface area contributed by atoms with E-state index in [4.69, 9.17) is 19.9 Å². The zero-order chi connectivity index (χ0) is 18.9. The molecule has 0 unspecified atom stereocenters. The molecule has 0 aliphatic rings. The molecule has 6 nitrogen and oxygen atoms in total. The number of guanidine groups is 1. The summed E-state index contributed by atoms with van der Waals surface area (Å²) < 4.78 is 16.4. The zero-order valence-corrected chi connectivity index (χ0v) is 15.8. The molecule has 0 aliphatic heterocycles. The van der Waals surface area contributed by atoms with Gasteiger partial charge in [0, 0.05) is 5.69 Å². The molecule has 0 saturated heterocycles. The van der Waals surface area contributed by atoms with Crippen molar-refractivity contribution in [2.75, 3.05) is 26.1 Å². The second kappa shape index (κ2) is 9.56. The summed E-state index contributed by atoms with van der Waals surface area (Å²) in [5.74, 6) is 2.16. The molecule has 0 radical (unpaired) electrons. The number of nitrogens with two attached hydrogens (primary N) is 1. The fraction of sp³-hybridized carbons (Fsp3) is 0.350. The predicted molar refractivity (Wildman–Crippen MR) is 105 cm³/mol. The number of benzene rings is 2. The van der Waals surface area contributed by atoms with Gasteiger partial charge in [-0.1, -0.05) is 19.1 Å². The highest BCUT2D eigenvalue weighted by atomic mass is 16.5. The van der Waals surface area contributed by atoms with Crippen molar-refractivity contribution in [3.63, 3.8) is 0 Å². The average molecular weight is 357 g/mol. The molecule has 0 aromatic heterocycles. The highest BCUT2D eigenvalue weighted by Crippen LogP contribution is 2.38. The number of anilines is 1. The largest absolute Gasteiger partial charge is 0.493 e. The van der Waals surface area contributed by atoms with Crippen molar-refractivity contribution in [2.24, 2.45) is 10.7 Å². The van der Waals surface area contributed by atoms with Crippen LogP contribution in [0.3, 0.4) is 0 Å². The molecule has 2 rings (SSSR count). The number of aryl methyl sites for hydroxylation is 1. The summed E-state index contributed by atoms with van der Waals surface area (Å²) in [7, 11) is 3.20. The normalized spacial score (nSPS) is 11.2. The monoisotopic (exact) mass is 357 g/mol. The Kier molecular flexibility index (Phi) is 7.14. The molecule has 0 heterocycles. The van der Waals surface area contributed by atoms with E-state index in [1.165, 1.54) is 5.56 Å². The Morgan fingerprint density at radius 2 is 1.73 bits per heavy atom. The molecule has 0 amide bonds. The number of hydrogen-bond acceptors (Lipinski definition) is 4. The third-order valence-electron chi connectivity index (χ3n) is 3.85. The Hall–Kier alpha value is -2.89. The van der Waals surface area contributed by atoms with Crippen LogP contribution in [-0.4, -0.2) is 26.8 Å². The molecular weight excluding hydrogens is 330 g/mol. The van der Waals surface area contributed by atoms with Crippen LogP contribution in [0, 0.1) is 0 Å². The Morgan fingerprint density at radius 1 is 1.04 bits per heavy atom. The van der Waals surface area contributed by atoms with E-state index in [2.05, 4.69) is 29.4 Å². The molecule has 2 aromatic carbocycles. The SMILES string of the molecule is CCOc1c(OC)cc(CN=C(N)Nc2cccc(CC)c2)cc1OC. The van der Waals surface area contributed by atoms with E-state index in [1.54, 1.807) is 14.2 Å². The lowest BCUT2D eigenvalue weighted by atomic mass is 10.1. The van der Waals surface area contributed by atoms with Gasteiger partial charge in [-0.05, 0) is 48.7 Å². The van der Waals surface area contributed by atoms with Gasteiger partial charge in [-0.3, -0.25) is 0 Å². The van der Waals surface area contributed by atoms with Gasteiger partial charge in [-0.15, -0.1) is 0 Å². The van der Waals surface area contributed by atoms with Crippen molar-refractivity contribution < 1.29 is 14.2 Å². The lowest BCUT2D eigenvalue weighted by Gasteiger charge is -2.15. The molecule has 0 bridgehead atoms. The van der Waals surface area contributed by atoms with E-state index < -0.39 is 0 Å². The van der Waals surface area contributed by atoms with E-state index in [9.17, 15) is 0 Å². The van der Waals surface area contributed by atoms with Crippen molar-refractivity contribution in [1.82, 2.24) is 0 Å². The second-order valence-electron chi connectivity index (χ2n) is 5.64. The van der Waals surface area contributed by atoms with E-state index in [0.717, 1.165) is 17.7 Å². The Morgan fingerprint density at radius 3 is 2.31 bits per heavy atom. The molecular formula is C20H27N3O3. The minimum Gasteiger partial charge on any atom is -0.493 e. The molecule has 0 spiro atoms. The summed E-state index contributed by atoms with van der Waals surface area (Å²) in [5, 5.41) is 3.12. The lowest BCUT2D eigenvalue weighted by Crippen LogP contribution is -2.22. The Bertz CT molecular complexity index is 735. The van der Waals surface area contributed by atoms with Crippen molar-refractivity contribution >= 4 is 11.6 Å². The van der Waals surface area contributed by atoms with Crippen LogP contribution in [0.1, 0.15) is 25.0 Å². The average Bonchev–Trinajstić information content (AvgIpc) is 2.67. The molecule has 3 N–H and O–H groups in total. The molecule has 0 fully saturated rings. The zero-order valence-electron chi connectivity index (χ0n) is 15.8. The van der Waals surface area contributed by atoms with Gasteiger partial charge in [-0.25, -0.2) is 4.99 Å². The standard InChI is InChI=1S/C20H27N3O3/c1-5-14-8-7-9-16(10-14)23-20(21)22-13-15-11-17(24-3)19(26-6-2)18(12-15)25-4/h7-12H,5-6,13H2,1-4H3,(H3,21,22,23). The third kappa shape index (κ3) is 5.05. The van der Waals surface area contributed by atoms with Crippen LogP contribution in [0.4, 0.5) is 5.69 Å².